The number of anilines is 4. The molecule has 4 N–H and O–H groups in total. The SMILES string of the molecule is CC(=O)C1(C(C)=O)C(=O)N(c2ccc(OCC(C)Oc3ccc(C(C)(C)c4ccc(OC(C)COc5ccc(N(C)C)cc5)cc4)cc3)cc2)C1=O.CNc1ccc(OCC(C)Oc2ccc(C(C)(C)c3ccc(OC(C)COc4ccc(NC(=O)C(C(C)=O)(C(=O)O)C(=O)O)cc4)cc3)cc2)cc1.O=C1OC(=O)C12C(=O)OC2=O. The number of Topliss-reactive ketones (excluding diaryl/α,β-unsaturated/α-hetero) is 3. The molecule has 0 radical (unpaired) electrons. The van der Waals surface area contributed by atoms with E-state index >= 15 is 0 Å². The maximum Gasteiger partial charge on any atom is 0.357 e. The van der Waals surface area contributed by atoms with Gasteiger partial charge in [0.15, 0.2) is 17.3 Å². The van der Waals surface area contributed by atoms with Gasteiger partial charge in [-0.05, 0) is 216 Å². The fourth-order valence-electron chi connectivity index (χ4n) is 12.3. The molecule has 3 amide bonds. The molecule has 8 aromatic carbocycles. The number of hydrogen-bond donors (Lipinski definition) is 4. The average Bonchev–Trinajstić information content (AvgIpc) is 0.812. The highest BCUT2D eigenvalue weighted by Crippen LogP contribution is 2.43. The Hall–Kier alpha value is -13.4. The number of benzene rings is 8. The summed E-state index contributed by atoms with van der Waals surface area (Å²) in [4.78, 5) is 142. The Morgan fingerprint density at radius 1 is 0.417 bits per heavy atom. The van der Waals surface area contributed by atoms with E-state index in [1.807, 2.05) is 163 Å². The third-order valence-electron chi connectivity index (χ3n) is 19.5. The van der Waals surface area contributed by atoms with Crippen LogP contribution in [0.5, 0.6) is 46.0 Å². The van der Waals surface area contributed by atoms with Gasteiger partial charge in [0.25, 0.3) is 23.1 Å². The highest BCUT2D eigenvalue weighted by Gasteiger charge is 2.80. The predicted octanol–water partition coefficient (Wildman–Crippen LogP) is 11.4. The molecule has 28 nitrogen and oxygen atoms in total. The minimum Gasteiger partial charge on any atom is -0.490 e. The number of β-lactam (4-membered cyclic amide) rings is 2. The highest BCUT2D eigenvalue weighted by molar-refractivity contribution is 6.54. The summed E-state index contributed by atoms with van der Waals surface area (Å²) < 4.78 is 55.5. The number of rotatable bonds is 34. The van der Waals surface area contributed by atoms with E-state index < -0.39 is 87.1 Å². The zero-order valence-electron chi connectivity index (χ0n) is 65.9. The van der Waals surface area contributed by atoms with Gasteiger partial charge in [-0.3, -0.25) is 28.8 Å². The topological polar surface area (TPSA) is 368 Å². The molecule has 0 saturated carbocycles. The first-order valence-electron chi connectivity index (χ1n) is 36.5. The number of ketones is 3. The highest BCUT2D eigenvalue weighted by atomic mass is 16.7. The van der Waals surface area contributed by atoms with Gasteiger partial charge in [0.2, 0.25) is 5.41 Å². The summed E-state index contributed by atoms with van der Waals surface area (Å²) in [7, 11) is 5.88. The summed E-state index contributed by atoms with van der Waals surface area (Å²) in [5.74, 6) is -9.28. The number of carbonyl (C=O) groups excluding carboxylic acids is 10. The molecular weight excluding hydrogens is 1480 g/mol. The van der Waals surface area contributed by atoms with E-state index in [0.717, 1.165) is 82.3 Å². The standard InChI is InChI=1S/C42H46N2O8.C40H44N2O10.C5O6/c1-27(25-49-35-21-13-33(14-22-35)43(7)8)51-37-17-9-31(10-18-37)41(5,6)32-11-19-38(20-12-32)52-28(2)26-50-36-23-15-34(16-24-36)44-39(47)42(29(3)45,30(4)46)40(44)48;1-25(23-49-32-19-11-30(41-6)12-20-32)51-34-15-7-28(8-16-34)39(4,5)29-9-17-35(18-10-29)52-26(2)24-50-33-21-13-31(14-22-33)42-36(44)40(27(3)43,37(45)46)38(47)48;6-1-5(2(7)10-1)3(8)11-4(5)9/h9-24,27-28H,25-26H2,1-8H3;7-22,25-26,41H,23-24H2,1-6H3,(H,42,44)(H,45,46)(H,47,48);. The third kappa shape index (κ3) is 18.7. The maximum absolute atomic E-state index is 12.7. The van der Waals surface area contributed by atoms with Crippen LogP contribution in [0, 0.1) is 16.2 Å². The summed E-state index contributed by atoms with van der Waals surface area (Å²) in [5.41, 5.74) is -1.29. The van der Waals surface area contributed by atoms with Gasteiger partial charge in [0.1, 0.15) is 96.8 Å². The van der Waals surface area contributed by atoms with Gasteiger partial charge >= 0.3 is 41.2 Å². The Morgan fingerprint density at radius 3 is 0.930 bits per heavy atom. The van der Waals surface area contributed by atoms with Crippen LogP contribution in [0.25, 0.3) is 0 Å². The lowest BCUT2D eigenvalue weighted by molar-refractivity contribution is -0.224. The largest absolute Gasteiger partial charge is 0.490 e. The van der Waals surface area contributed by atoms with Crippen molar-refractivity contribution in [3.8, 4) is 46.0 Å². The number of carbonyl (C=O) groups is 12. The molecule has 3 fully saturated rings. The number of aliphatic carboxylic acids is 2. The molecule has 3 aliphatic rings. The molecule has 1 spiro atoms. The van der Waals surface area contributed by atoms with Crippen molar-refractivity contribution in [1.82, 2.24) is 0 Å². The molecule has 0 bridgehead atoms. The second-order valence-electron chi connectivity index (χ2n) is 28.8. The van der Waals surface area contributed by atoms with Crippen molar-refractivity contribution < 1.29 is 115 Å². The van der Waals surface area contributed by atoms with Crippen LogP contribution in [-0.2, 0) is 77.8 Å². The molecule has 0 aliphatic carbocycles. The molecule has 115 heavy (non-hydrogen) atoms. The molecule has 0 aromatic heterocycles. The van der Waals surface area contributed by atoms with Crippen molar-refractivity contribution in [3.63, 3.8) is 0 Å². The minimum absolute atomic E-state index is 0.0880. The summed E-state index contributed by atoms with van der Waals surface area (Å²) in [5, 5.41) is 24.0. The van der Waals surface area contributed by atoms with Crippen LogP contribution in [0.2, 0.25) is 0 Å². The zero-order valence-corrected chi connectivity index (χ0v) is 65.9. The van der Waals surface area contributed by atoms with Crippen LogP contribution < -0.4 is 58.3 Å². The van der Waals surface area contributed by atoms with Crippen LogP contribution in [-0.4, -0.2) is 153 Å². The van der Waals surface area contributed by atoms with Gasteiger partial charge in [0.05, 0.1) is 5.69 Å². The predicted molar refractivity (Wildman–Crippen MR) is 420 cm³/mol. The minimum atomic E-state index is -3.26. The molecule has 28 heteroatoms. The third-order valence-corrected chi connectivity index (χ3v) is 19.5. The van der Waals surface area contributed by atoms with Crippen molar-refractivity contribution in [2.24, 2.45) is 16.2 Å². The van der Waals surface area contributed by atoms with E-state index in [0.29, 0.717) is 36.2 Å². The van der Waals surface area contributed by atoms with Crippen molar-refractivity contribution in [1.29, 1.82) is 0 Å². The summed E-state index contributed by atoms with van der Waals surface area (Å²) in [6.45, 7) is 20.5. The number of amides is 3. The Bertz CT molecular complexity index is 4780. The molecule has 4 atom stereocenters. The van der Waals surface area contributed by atoms with Gasteiger partial charge in [-0.1, -0.05) is 76.2 Å². The summed E-state index contributed by atoms with van der Waals surface area (Å²) in [6.07, 6.45) is -0.895. The van der Waals surface area contributed by atoms with Crippen LogP contribution in [0.1, 0.15) is 98.4 Å². The van der Waals surface area contributed by atoms with Crippen molar-refractivity contribution in [2.75, 3.05) is 68.0 Å². The van der Waals surface area contributed by atoms with E-state index in [2.05, 4.69) is 84.2 Å². The number of esters is 4. The number of cyclic esters (lactones) is 4. The van der Waals surface area contributed by atoms with Gasteiger partial charge in [-0.25, -0.2) is 33.7 Å². The lowest BCUT2D eigenvalue weighted by atomic mass is 9.71. The molecule has 3 saturated heterocycles. The maximum atomic E-state index is 12.7. The van der Waals surface area contributed by atoms with Gasteiger partial charge in [0, 0.05) is 49.0 Å². The first-order valence-corrected chi connectivity index (χ1v) is 36.5. The van der Waals surface area contributed by atoms with Crippen LogP contribution in [0.15, 0.2) is 194 Å². The first kappa shape index (κ1) is 85.6. The number of nitrogens with one attached hydrogen (secondary N) is 2. The number of ether oxygens (including phenoxy) is 10. The average molecular weight is 1580 g/mol. The number of hydrogen-bond acceptors (Lipinski definition) is 24. The number of carboxylic acids is 2. The quantitative estimate of drug-likeness (QED) is 0.0165. The molecule has 602 valence electrons. The zero-order chi connectivity index (χ0) is 84.1. The Balaban J connectivity index is 0.000000231. The van der Waals surface area contributed by atoms with Crippen LogP contribution >= 0.6 is 0 Å². The molecule has 4 unspecified atom stereocenters. The normalized spacial score (nSPS) is 14.8. The van der Waals surface area contributed by atoms with E-state index in [1.165, 1.54) is 36.4 Å². The molecule has 3 heterocycles. The second-order valence-corrected chi connectivity index (χ2v) is 28.8. The smallest absolute Gasteiger partial charge is 0.357 e. The Morgan fingerprint density at radius 2 is 0.687 bits per heavy atom. The van der Waals surface area contributed by atoms with Crippen LogP contribution in [0.4, 0.5) is 22.7 Å². The van der Waals surface area contributed by atoms with Crippen molar-refractivity contribution in [2.45, 2.75) is 111 Å². The van der Waals surface area contributed by atoms with Gasteiger partial charge in [-0.15, -0.1) is 0 Å². The van der Waals surface area contributed by atoms with Crippen molar-refractivity contribution in [3.05, 3.63) is 216 Å². The van der Waals surface area contributed by atoms with E-state index in [1.54, 1.807) is 12.1 Å². The molecule has 8 aromatic rings. The monoisotopic (exact) mass is 1570 g/mol. The molecular formula is C87H90N4O24. The number of carboxylic acid groups (broad SMARTS) is 2. The fraction of sp³-hybridized carbons (Fsp3) is 0.310. The van der Waals surface area contributed by atoms with Gasteiger partial charge < -0.3 is 73.1 Å². The lowest BCUT2D eigenvalue weighted by Gasteiger charge is -2.42. The Labute approximate surface area is 663 Å². The van der Waals surface area contributed by atoms with E-state index in [9.17, 15) is 67.7 Å². The first-order chi connectivity index (χ1) is 54.4. The second kappa shape index (κ2) is 36.0. The lowest BCUT2D eigenvalue weighted by Crippen LogP contribution is -2.72. The van der Waals surface area contributed by atoms with E-state index in [-0.39, 0.29) is 59.8 Å². The van der Waals surface area contributed by atoms with Crippen LogP contribution in [0.3, 0.4) is 0 Å². The summed E-state index contributed by atoms with van der Waals surface area (Å²) in [6, 6.07) is 59.9. The summed E-state index contributed by atoms with van der Waals surface area (Å²) >= 11 is 0. The Kier molecular flexibility index (Phi) is 26.8. The fourth-order valence-corrected chi connectivity index (χ4v) is 12.3. The van der Waals surface area contributed by atoms with E-state index in [4.69, 9.17) is 37.9 Å². The van der Waals surface area contributed by atoms with Gasteiger partial charge in [-0.2, -0.15) is 0 Å². The number of imide groups is 1. The molecule has 11 rings (SSSR count). The molecule has 3 aliphatic heterocycles. The van der Waals surface area contributed by atoms with Crippen molar-refractivity contribution >= 4 is 93.6 Å². The number of nitrogens with zero attached hydrogens (tertiary/aromatic N) is 2.